The van der Waals surface area contributed by atoms with Gasteiger partial charge in [0.05, 0.1) is 6.42 Å². The van der Waals surface area contributed by atoms with Gasteiger partial charge in [-0.1, -0.05) is 12.1 Å². The number of nitrogens with one attached hydrogen (secondary N) is 1. The molecule has 1 aromatic carbocycles. The van der Waals surface area contributed by atoms with Crippen LogP contribution in [0.4, 0.5) is 24.7 Å². The van der Waals surface area contributed by atoms with E-state index in [9.17, 15) is 13.2 Å². The number of halogens is 3. The number of anilines is 2. The third kappa shape index (κ3) is 3.25. The van der Waals surface area contributed by atoms with E-state index in [2.05, 4.69) is 25.9 Å². The maximum Gasteiger partial charge on any atom is 0.393 e. The number of benzene rings is 1. The molecule has 108 valence electrons. The van der Waals surface area contributed by atoms with E-state index in [1.807, 2.05) is 0 Å². The molecule has 1 N–H and O–H groups in total. The fourth-order valence-corrected chi connectivity index (χ4v) is 1.85. The van der Waals surface area contributed by atoms with Crippen molar-refractivity contribution in [3.05, 3.63) is 42.0 Å². The second-order valence-electron chi connectivity index (χ2n) is 4.36. The molecule has 0 radical (unpaired) electrons. The van der Waals surface area contributed by atoms with Crippen molar-refractivity contribution in [2.75, 3.05) is 5.32 Å². The van der Waals surface area contributed by atoms with Gasteiger partial charge in [-0.15, -0.1) is 14.8 Å². The van der Waals surface area contributed by atoms with Gasteiger partial charge in [0.2, 0.25) is 0 Å². The van der Waals surface area contributed by atoms with E-state index in [0.29, 0.717) is 17.2 Å². The summed E-state index contributed by atoms with van der Waals surface area (Å²) in [6, 6.07) is 9.36. The van der Waals surface area contributed by atoms with Crippen LogP contribution in [-0.4, -0.2) is 31.4 Å². The first kappa shape index (κ1) is 13.3. The number of aromatic nitrogens is 5. The molecule has 0 bridgehead atoms. The SMILES string of the molecule is FC(F)(F)Cc1cccc(Nc2ccc3nnnn3n2)c1. The smallest absolute Gasteiger partial charge is 0.339 e. The molecule has 0 saturated heterocycles. The largest absolute Gasteiger partial charge is 0.393 e. The zero-order valence-electron chi connectivity index (χ0n) is 10.5. The zero-order valence-corrected chi connectivity index (χ0v) is 10.5. The normalized spacial score (nSPS) is 11.8. The third-order valence-electron chi connectivity index (χ3n) is 2.67. The Labute approximate surface area is 116 Å². The van der Waals surface area contributed by atoms with Crippen molar-refractivity contribution in [3.8, 4) is 0 Å². The summed E-state index contributed by atoms with van der Waals surface area (Å²) in [4.78, 5) is 0. The minimum atomic E-state index is -4.23. The first-order valence-electron chi connectivity index (χ1n) is 5.98. The molecule has 0 spiro atoms. The van der Waals surface area contributed by atoms with Crippen LogP contribution in [0.2, 0.25) is 0 Å². The molecule has 3 aromatic rings. The molecule has 2 heterocycles. The lowest BCUT2D eigenvalue weighted by molar-refractivity contribution is -0.127. The second-order valence-corrected chi connectivity index (χ2v) is 4.36. The van der Waals surface area contributed by atoms with Gasteiger partial charge in [-0.3, -0.25) is 0 Å². The molecule has 9 heteroatoms. The lowest BCUT2D eigenvalue weighted by atomic mass is 10.1. The van der Waals surface area contributed by atoms with Crippen LogP contribution >= 0.6 is 0 Å². The molecule has 0 unspecified atom stereocenters. The fraction of sp³-hybridized carbons (Fsp3) is 0.167. The predicted octanol–water partition coefficient (Wildman–Crippen LogP) is 2.37. The Morgan fingerprint density at radius 3 is 2.81 bits per heavy atom. The molecule has 0 aliphatic rings. The quantitative estimate of drug-likeness (QED) is 0.803. The summed E-state index contributed by atoms with van der Waals surface area (Å²) >= 11 is 0. The Morgan fingerprint density at radius 2 is 2.00 bits per heavy atom. The topological polar surface area (TPSA) is 68.0 Å². The van der Waals surface area contributed by atoms with Crippen molar-refractivity contribution < 1.29 is 13.2 Å². The number of tetrazole rings is 1. The molecule has 21 heavy (non-hydrogen) atoms. The van der Waals surface area contributed by atoms with Gasteiger partial charge >= 0.3 is 6.18 Å². The summed E-state index contributed by atoms with van der Waals surface area (Å²) in [6.07, 6.45) is -5.20. The molecular weight excluding hydrogens is 285 g/mol. The Bertz CT molecular complexity index is 767. The zero-order chi connectivity index (χ0) is 14.9. The number of hydrogen-bond donors (Lipinski definition) is 1. The number of nitrogens with zero attached hydrogens (tertiary/aromatic N) is 5. The van der Waals surface area contributed by atoms with Crippen molar-refractivity contribution >= 4 is 17.2 Å². The summed E-state index contributed by atoms with van der Waals surface area (Å²) < 4.78 is 38.4. The first-order chi connectivity index (χ1) is 9.99. The third-order valence-corrected chi connectivity index (χ3v) is 2.67. The van der Waals surface area contributed by atoms with Crippen molar-refractivity contribution in [2.24, 2.45) is 0 Å². The summed E-state index contributed by atoms with van der Waals surface area (Å²) in [6.45, 7) is 0. The summed E-state index contributed by atoms with van der Waals surface area (Å²) in [5.41, 5.74) is 1.17. The van der Waals surface area contributed by atoms with Crippen molar-refractivity contribution in [3.63, 3.8) is 0 Å². The lowest BCUT2D eigenvalue weighted by Gasteiger charge is -2.09. The van der Waals surface area contributed by atoms with Crippen LogP contribution in [0.1, 0.15) is 5.56 Å². The number of rotatable bonds is 3. The van der Waals surface area contributed by atoms with E-state index in [1.165, 1.54) is 16.8 Å². The van der Waals surface area contributed by atoms with E-state index < -0.39 is 12.6 Å². The van der Waals surface area contributed by atoms with Crippen molar-refractivity contribution in [2.45, 2.75) is 12.6 Å². The van der Waals surface area contributed by atoms with Gasteiger partial charge < -0.3 is 5.32 Å². The Kier molecular flexibility index (Phi) is 3.16. The average molecular weight is 294 g/mol. The van der Waals surface area contributed by atoms with Crippen molar-refractivity contribution in [1.82, 2.24) is 25.3 Å². The molecule has 0 amide bonds. The molecule has 6 nitrogen and oxygen atoms in total. The van der Waals surface area contributed by atoms with E-state index in [1.54, 1.807) is 24.3 Å². The maximum atomic E-state index is 12.4. The van der Waals surface area contributed by atoms with Crippen LogP contribution < -0.4 is 5.32 Å². The van der Waals surface area contributed by atoms with Gasteiger partial charge in [-0.05, 0) is 40.3 Å². The summed E-state index contributed by atoms with van der Waals surface area (Å²) in [5.74, 6) is 0.430. The van der Waals surface area contributed by atoms with Gasteiger partial charge in [0, 0.05) is 5.69 Å². The maximum absolute atomic E-state index is 12.4. The van der Waals surface area contributed by atoms with Crippen LogP contribution in [0.15, 0.2) is 36.4 Å². The van der Waals surface area contributed by atoms with Crippen LogP contribution in [-0.2, 0) is 6.42 Å². The highest BCUT2D eigenvalue weighted by Crippen LogP contribution is 2.23. The number of alkyl halides is 3. The van der Waals surface area contributed by atoms with E-state index in [4.69, 9.17) is 0 Å². The minimum absolute atomic E-state index is 0.177. The minimum Gasteiger partial charge on any atom is -0.339 e. The number of hydrogen-bond acceptors (Lipinski definition) is 5. The van der Waals surface area contributed by atoms with E-state index >= 15 is 0 Å². The highest BCUT2D eigenvalue weighted by molar-refractivity contribution is 5.57. The van der Waals surface area contributed by atoms with Gasteiger partial charge in [-0.2, -0.15) is 13.2 Å². The molecule has 0 aliphatic carbocycles. The molecule has 0 atom stereocenters. The standard InChI is InChI=1S/C12H9F3N6/c13-12(14,15)7-8-2-1-3-9(6-8)16-10-4-5-11-17-19-20-21(11)18-10/h1-6H,7H2,(H,16,18). The Hall–Kier alpha value is -2.71. The van der Waals surface area contributed by atoms with Crippen LogP contribution in [0.25, 0.3) is 5.65 Å². The Balaban J connectivity index is 1.82. The van der Waals surface area contributed by atoms with E-state index in [0.717, 1.165) is 0 Å². The molecule has 0 fully saturated rings. The monoisotopic (exact) mass is 294 g/mol. The average Bonchev–Trinajstić information content (AvgIpc) is 2.84. The molecule has 0 saturated carbocycles. The summed E-state index contributed by atoms with van der Waals surface area (Å²) in [5, 5.41) is 17.8. The first-order valence-corrected chi connectivity index (χ1v) is 5.98. The van der Waals surface area contributed by atoms with Crippen molar-refractivity contribution in [1.29, 1.82) is 0 Å². The molecule has 0 aliphatic heterocycles. The Morgan fingerprint density at radius 1 is 1.14 bits per heavy atom. The number of fused-ring (bicyclic) bond motifs is 1. The molecular formula is C12H9F3N6. The van der Waals surface area contributed by atoms with Crippen LogP contribution in [0.3, 0.4) is 0 Å². The van der Waals surface area contributed by atoms with Gasteiger partial charge in [0.25, 0.3) is 0 Å². The predicted molar refractivity (Wildman–Crippen MR) is 68.1 cm³/mol. The van der Waals surface area contributed by atoms with Gasteiger partial charge in [0.15, 0.2) is 11.5 Å². The van der Waals surface area contributed by atoms with E-state index in [-0.39, 0.29) is 5.56 Å². The summed E-state index contributed by atoms with van der Waals surface area (Å²) in [7, 11) is 0. The highest BCUT2D eigenvalue weighted by Gasteiger charge is 2.27. The molecule has 3 rings (SSSR count). The van der Waals surface area contributed by atoms with Crippen LogP contribution in [0.5, 0.6) is 0 Å². The molecule has 2 aromatic heterocycles. The van der Waals surface area contributed by atoms with Gasteiger partial charge in [0.1, 0.15) is 0 Å². The highest BCUT2D eigenvalue weighted by atomic mass is 19.4. The second kappa shape index (κ2) is 5.00. The van der Waals surface area contributed by atoms with Crippen LogP contribution in [0, 0.1) is 0 Å². The fourth-order valence-electron chi connectivity index (χ4n) is 1.85. The van der Waals surface area contributed by atoms with Gasteiger partial charge in [-0.25, -0.2) is 0 Å². The lowest BCUT2D eigenvalue weighted by Crippen LogP contribution is -2.11.